The number of hydrogen-bond acceptors (Lipinski definition) is 19. The van der Waals surface area contributed by atoms with Crippen LogP contribution in [0.3, 0.4) is 0 Å². The third-order valence-electron chi connectivity index (χ3n) is 17.0. The molecule has 0 aromatic heterocycles. The lowest BCUT2D eigenvalue weighted by Gasteiger charge is -2.43. The summed E-state index contributed by atoms with van der Waals surface area (Å²) in [6, 6.07) is -1.24. The Morgan fingerprint density at radius 3 is 2.20 bits per heavy atom. The van der Waals surface area contributed by atoms with Crippen molar-refractivity contribution in [2.24, 2.45) is 35.5 Å². The molecule has 79 heavy (non-hydrogen) atoms. The number of amides is 1. The molecule has 20 heteroatoms. The monoisotopic (exact) mass is 1120 g/mol. The van der Waals surface area contributed by atoms with Crippen LogP contribution in [0.5, 0.6) is 0 Å². The number of piperidine rings is 1. The lowest BCUT2D eigenvalue weighted by Crippen LogP contribution is -2.61. The highest BCUT2D eigenvalue weighted by Crippen LogP contribution is 2.38. The Kier molecular flexibility index (Phi) is 26.1. The maximum Gasteiger partial charge on any atom is 0.329 e. The van der Waals surface area contributed by atoms with Gasteiger partial charge >= 0.3 is 5.97 Å². The molecule has 1 aliphatic carbocycles. The second-order valence-electron chi connectivity index (χ2n) is 23.1. The van der Waals surface area contributed by atoms with Crippen molar-refractivity contribution in [2.45, 2.75) is 211 Å². The predicted octanol–water partition coefficient (Wildman–Crippen LogP) is 3.41. The summed E-state index contributed by atoms with van der Waals surface area (Å²) >= 11 is 0. The van der Waals surface area contributed by atoms with Crippen molar-refractivity contribution in [2.75, 3.05) is 47.2 Å². The fourth-order valence-corrected chi connectivity index (χ4v) is 11.9. The summed E-state index contributed by atoms with van der Waals surface area (Å²) in [4.78, 5) is 73.1. The number of nitrogens with zero attached hydrogens (tertiary/aromatic N) is 1. The number of ketones is 3. The molecule has 7 N–H and O–H groups in total. The topological polar surface area (TPSA) is 295 Å². The number of hydrogen-bond donors (Lipinski definition) is 7. The minimum Gasteiger partial charge on any atom is -0.460 e. The summed E-state index contributed by atoms with van der Waals surface area (Å²) in [5.41, 5.74) is 0.985. The van der Waals surface area contributed by atoms with E-state index in [1.165, 1.54) is 7.11 Å². The van der Waals surface area contributed by atoms with Crippen molar-refractivity contribution in [3.63, 3.8) is 0 Å². The molecule has 3 saturated heterocycles. The first kappa shape index (κ1) is 66.2. The van der Waals surface area contributed by atoms with Gasteiger partial charge < -0.3 is 73.8 Å². The molecule has 20 nitrogen and oxygen atoms in total. The quantitative estimate of drug-likeness (QED) is 0.0837. The van der Waals surface area contributed by atoms with Gasteiger partial charge in [0.15, 0.2) is 5.78 Å². The molecule has 448 valence electrons. The van der Waals surface area contributed by atoms with Gasteiger partial charge in [-0.15, -0.1) is 0 Å². The first-order valence-electron chi connectivity index (χ1n) is 28.6. The average Bonchev–Trinajstić information content (AvgIpc) is 3.53. The number of cyclic esters (lactones) is 1. The number of esters is 1. The summed E-state index contributed by atoms with van der Waals surface area (Å²) in [6.07, 6.45) is 2.33. The number of carbonyl (C=O) groups is 5. The Morgan fingerprint density at radius 2 is 1.52 bits per heavy atom. The normalized spacial score (nSPS) is 41.3. The number of rotatable bonds is 12. The predicted molar refractivity (Wildman–Crippen MR) is 289 cm³/mol. The Balaban J connectivity index is 1.49. The number of Topliss-reactive ketones (excluding diaryl/α,β-unsaturated/α-hetero) is 3. The Hall–Kier alpha value is -3.61. The molecule has 5 aliphatic rings. The van der Waals surface area contributed by atoms with Gasteiger partial charge in [-0.25, -0.2) is 4.79 Å². The van der Waals surface area contributed by atoms with Crippen molar-refractivity contribution < 1.29 is 92.9 Å². The summed E-state index contributed by atoms with van der Waals surface area (Å²) in [5.74, 6) is -8.98. The summed E-state index contributed by atoms with van der Waals surface area (Å²) < 4.78 is 41.9. The first-order chi connectivity index (χ1) is 37.5. The van der Waals surface area contributed by atoms with Gasteiger partial charge in [0.1, 0.15) is 60.7 Å². The molecular weight excluding hydrogens is 1030 g/mol. The number of methoxy groups -OCH3 is 2. The molecule has 0 spiro atoms. The Labute approximate surface area is 466 Å². The SMILES string of the molecule is CO[C@@H]1C[C@H](C[C@@H](C)[C@@H]2CC(=O)[C@H](C)/C=C(\C)[C@@H](O)[C@@H](OC)C(=O)[C@H](C)C[C@H](C)/C=C/C=C/C=C(\C)[C@@H](OC[C@@H]3O[C@H](CO)[C@@H](O)[C@H](O)[C@H]3O)C[C@@H]3CC[C@@H](C)[C@@](O)(O3)C(=O)C(=O)N3CCCC[C@H]3C(=O)O2)CC[C@H]1OCCO. The molecule has 0 radical (unpaired) electrons. The molecule has 4 aliphatic heterocycles. The smallest absolute Gasteiger partial charge is 0.329 e. The second-order valence-corrected chi connectivity index (χ2v) is 23.1. The molecule has 0 unspecified atom stereocenters. The zero-order valence-corrected chi connectivity index (χ0v) is 47.9. The standard InChI is InChI=1S/C59H93NO19/c1-33-15-11-10-12-16-34(2)45(76-32-49-53(67)54(68)52(66)48(31-62)77-49)29-41-20-18-39(7)59(72,79-41)56(69)57(70)60-22-14-13-17-42(60)58(71)78-46(36(4)27-40-19-21-44(75-24-23-61)47(28-40)73-8)30-43(63)35(3)26-38(6)51(65)55(74-9)50(64)37(5)25-33/h10-12,15-16,26,33,35-37,39-42,44-49,51-55,61-62,65-68,72H,13-14,17-25,27-32H2,1-9H3/b12-10+,15-11+,34-16+,38-26+/t33-,35-,36-,37-,39-,40+,41+,42+,44-,45+,46+,47-,48-,49+,51-,52-,53+,54+,55+,59-/m1/s1. The number of aliphatic hydroxyl groups is 7. The summed E-state index contributed by atoms with van der Waals surface area (Å²) in [7, 11) is 2.96. The maximum absolute atomic E-state index is 14.6. The van der Waals surface area contributed by atoms with Gasteiger partial charge in [-0.1, -0.05) is 71.1 Å². The summed E-state index contributed by atoms with van der Waals surface area (Å²) in [6.45, 7) is 11.4. The lowest BCUT2D eigenvalue weighted by molar-refractivity contribution is -0.267. The fourth-order valence-electron chi connectivity index (χ4n) is 11.9. The number of fused-ring (bicyclic) bond motifs is 3. The molecule has 1 saturated carbocycles. The van der Waals surface area contributed by atoms with Crippen LogP contribution >= 0.6 is 0 Å². The Morgan fingerprint density at radius 1 is 0.797 bits per heavy atom. The van der Waals surface area contributed by atoms with Crippen LogP contribution in [0.4, 0.5) is 0 Å². The van der Waals surface area contributed by atoms with Crippen LogP contribution in [0, 0.1) is 35.5 Å². The second kappa shape index (κ2) is 31.2. The molecule has 0 aromatic carbocycles. The van der Waals surface area contributed by atoms with E-state index in [0.29, 0.717) is 56.1 Å². The van der Waals surface area contributed by atoms with Crippen molar-refractivity contribution in [1.29, 1.82) is 0 Å². The van der Waals surface area contributed by atoms with E-state index in [9.17, 15) is 59.7 Å². The largest absolute Gasteiger partial charge is 0.460 e. The molecule has 4 fully saturated rings. The molecule has 2 bridgehead atoms. The van der Waals surface area contributed by atoms with Gasteiger partial charge in [0.05, 0.1) is 50.8 Å². The van der Waals surface area contributed by atoms with E-state index in [4.69, 9.17) is 33.2 Å². The van der Waals surface area contributed by atoms with Crippen LogP contribution in [-0.2, 0) is 57.1 Å². The molecule has 4 heterocycles. The van der Waals surface area contributed by atoms with E-state index in [0.717, 1.165) is 11.3 Å². The van der Waals surface area contributed by atoms with Gasteiger partial charge in [-0.3, -0.25) is 19.2 Å². The van der Waals surface area contributed by atoms with Crippen LogP contribution in [0.1, 0.15) is 126 Å². The lowest BCUT2D eigenvalue weighted by atomic mass is 9.78. The van der Waals surface area contributed by atoms with E-state index in [-0.39, 0.29) is 87.7 Å². The van der Waals surface area contributed by atoms with Gasteiger partial charge in [-0.05, 0) is 107 Å². The summed E-state index contributed by atoms with van der Waals surface area (Å²) in [5, 5.41) is 74.8. The molecule has 0 aromatic rings. The van der Waals surface area contributed by atoms with E-state index in [2.05, 4.69) is 0 Å². The van der Waals surface area contributed by atoms with E-state index < -0.39 is 121 Å². The average molecular weight is 1120 g/mol. The van der Waals surface area contributed by atoms with Gasteiger partial charge in [-0.2, -0.15) is 0 Å². The van der Waals surface area contributed by atoms with Crippen LogP contribution in [-0.4, -0.2) is 202 Å². The van der Waals surface area contributed by atoms with E-state index >= 15 is 0 Å². The number of carbonyl (C=O) groups excluding carboxylic acids is 5. The van der Waals surface area contributed by atoms with Crippen LogP contribution in [0.25, 0.3) is 0 Å². The number of ether oxygens (including phenoxy) is 7. The highest BCUT2D eigenvalue weighted by Gasteiger charge is 2.53. The zero-order chi connectivity index (χ0) is 58.3. The number of allylic oxidation sites excluding steroid dienone is 6. The van der Waals surface area contributed by atoms with E-state index in [1.807, 2.05) is 26.0 Å². The van der Waals surface area contributed by atoms with Gasteiger partial charge in [0.25, 0.3) is 11.7 Å². The van der Waals surface area contributed by atoms with Crippen molar-refractivity contribution >= 4 is 29.2 Å². The van der Waals surface area contributed by atoms with Gasteiger partial charge in [0, 0.05) is 51.4 Å². The fraction of sp³-hybridized carbons (Fsp3) is 0.780. The Bertz CT molecular complexity index is 2130. The maximum atomic E-state index is 14.6. The number of aliphatic hydroxyl groups excluding tert-OH is 6. The van der Waals surface area contributed by atoms with Gasteiger partial charge in [0.2, 0.25) is 5.79 Å². The molecule has 1 amide bonds. The molecule has 5 rings (SSSR count). The third-order valence-corrected chi connectivity index (χ3v) is 17.0. The molecular formula is C59H93NO19. The van der Waals surface area contributed by atoms with Crippen LogP contribution in [0.2, 0.25) is 0 Å². The highest BCUT2D eigenvalue weighted by molar-refractivity contribution is 6.39. The first-order valence-corrected chi connectivity index (χ1v) is 28.6. The molecule has 20 atom stereocenters. The highest BCUT2D eigenvalue weighted by atomic mass is 16.6. The van der Waals surface area contributed by atoms with E-state index in [1.54, 1.807) is 66.0 Å². The third kappa shape index (κ3) is 17.5. The minimum atomic E-state index is -2.61. The van der Waals surface area contributed by atoms with Crippen molar-refractivity contribution in [1.82, 2.24) is 4.90 Å². The minimum absolute atomic E-state index is 0.00400. The van der Waals surface area contributed by atoms with Crippen LogP contribution in [0.15, 0.2) is 47.6 Å². The zero-order valence-electron chi connectivity index (χ0n) is 47.9. The van der Waals surface area contributed by atoms with Crippen molar-refractivity contribution in [3.05, 3.63) is 47.6 Å². The van der Waals surface area contributed by atoms with Crippen LogP contribution < -0.4 is 0 Å². The van der Waals surface area contributed by atoms with Crippen molar-refractivity contribution in [3.8, 4) is 0 Å².